The van der Waals surface area contributed by atoms with E-state index in [0.29, 0.717) is 18.7 Å². The van der Waals surface area contributed by atoms with E-state index in [4.69, 9.17) is 4.74 Å². The maximum atomic E-state index is 9.74. The third kappa shape index (κ3) is 3.32. The zero-order valence-electron chi connectivity index (χ0n) is 9.78. The Morgan fingerprint density at radius 3 is 2.76 bits per heavy atom. The number of imidazole rings is 1. The standard InChI is InChI=1S/C13H16N2O2/c1-11-14-8-10-15(11)9-7-13(16)17-12-5-3-2-4-6-12/h2-6,8,10,13,16H,7,9H2,1H3. The van der Waals surface area contributed by atoms with Crippen LogP contribution in [0.3, 0.4) is 0 Å². The highest BCUT2D eigenvalue weighted by Gasteiger charge is 2.06. The largest absolute Gasteiger partial charge is 0.465 e. The molecular weight excluding hydrogens is 216 g/mol. The van der Waals surface area contributed by atoms with Crippen molar-refractivity contribution in [3.8, 4) is 5.75 Å². The molecule has 0 bridgehead atoms. The molecule has 0 saturated heterocycles. The number of para-hydroxylation sites is 1. The number of nitrogens with zero attached hydrogens (tertiary/aromatic N) is 2. The number of hydrogen-bond acceptors (Lipinski definition) is 3. The summed E-state index contributed by atoms with van der Waals surface area (Å²) in [7, 11) is 0. The highest BCUT2D eigenvalue weighted by Crippen LogP contribution is 2.11. The van der Waals surface area contributed by atoms with Crippen LogP contribution in [0.15, 0.2) is 42.7 Å². The van der Waals surface area contributed by atoms with Gasteiger partial charge in [0.05, 0.1) is 0 Å². The van der Waals surface area contributed by atoms with E-state index in [1.54, 1.807) is 6.20 Å². The van der Waals surface area contributed by atoms with E-state index in [1.165, 1.54) is 0 Å². The monoisotopic (exact) mass is 232 g/mol. The van der Waals surface area contributed by atoms with E-state index >= 15 is 0 Å². The van der Waals surface area contributed by atoms with Crippen molar-refractivity contribution >= 4 is 0 Å². The van der Waals surface area contributed by atoms with E-state index in [9.17, 15) is 5.11 Å². The van der Waals surface area contributed by atoms with E-state index in [1.807, 2.05) is 48.0 Å². The molecule has 0 radical (unpaired) electrons. The predicted molar refractivity (Wildman–Crippen MR) is 64.7 cm³/mol. The third-order valence-electron chi connectivity index (χ3n) is 2.56. The van der Waals surface area contributed by atoms with Gasteiger partial charge in [0.1, 0.15) is 11.6 Å². The maximum absolute atomic E-state index is 9.74. The van der Waals surface area contributed by atoms with Gasteiger partial charge in [-0.1, -0.05) is 18.2 Å². The van der Waals surface area contributed by atoms with Crippen LogP contribution in [0.4, 0.5) is 0 Å². The molecular formula is C13H16N2O2. The molecule has 1 aromatic carbocycles. The first-order valence-electron chi connectivity index (χ1n) is 5.63. The van der Waals surface area contributed by atoms with Crippen molar-refractivity contribution in [1.29, 1.82) is 0 Å². The number of aromatic nitrogens is 2. The Kier molecular flexibility index (Phi) is 3.77. The molecule has 1 N–H and O–H groups in total. The summed E-state index contributed by atoms with van der Waals surface area (Å²) in [5.74, 6) is 1.62. The Labute approximate surface area is 100 Å². The second-order valence-corrected chi connectivity index (χ2v) is 3.84. The van der Waals surface area contributed by atoms with Crippen LogP contribution in [0, 0.1) is 6.92 Å². The van der Waals surface area contributed by atoms with Gasteiger partial charge in [-0.05, 0) is 19.1 Å². The fraction of sp³-hybridized carbons (Fsp3) is 0.308. The molecule has 1 heterocycles. The third-order valence-corrected chi connectivity index (χ3v) is 2.56. The number of aliphatic hydroxyl groups excluding tert-OH is 1. The summed E-state index contributed by atoms with van der Waals surface area (Å²) in [6.45, 7) is 2.63. The lowest BCUT2D eigenvalue weighted by atomic mass is 10.3. The molecule has 0 saturated carbocycles. The van der Waals surface area contributed by atoms with Crippen molar-refractivity contribution in [3.63, 3.8) is 0 Å². The maximum Gasteiger partial charge on any atom is 0.199 e. The van der Waals surface area contributed by atoms with Gasteiger partial charge in [-0.2, -0.15) is 0 Å². The minimum atomic E-state index is -0.792. The number of hydrogen-bond donors (Lipinski definition) is 1. The van der Waals surface area contributed by atoms with E-state index in [-0.39, 0.29) is 0 Å². The molecule has 4 heteroatoms. The van der Waals surface area contributed by atoms with Crippen molar-refractivity contribution in [1.82, 2.24) is 9.55 Å². The Balaban J connectivity index is 1.82. The first-order chi connectivity index (χ1) is 8.25. The van der Waals surface area contributed by atoms with Crippen LogP contribution in [0.1, 0.15) is 12.2 Å². The molecule has 1 aromatic heterocycles. The number of ether oxygens (including phenoxy) is 1. The van der Waals surface area contributed by atoms with E-state index in [2.05, 4.69) is 4.98 Å². The van der Waals surface area contributed by atoms with Gasteiger partial charge >= 0.3 is 0 Å². The first-order valence-corrected chi connectivity index (χ1v) is 5.63. The van der Waals surface area contributed by atoms with Gasteiger partial charge in [-0.25, -0.2) is 4.98 Å². The molecule has 1 atom stereocenters. The van der Waals surface area contributed by atoms with Crippen LogP contribution in [0.25, 0.3) is 0 Å². The quantitative estimate of drug-likeness (QED) is 0.802. The Hall–Kier alpha value is -1.81. The van der Waals surface area contributed by atoms with Gasteiger partial charge in [0.25, 0.3) is 0 Å². The van der Waals surface area contributed by atoms with E-state index < -0.39 is 6.29 Å². The summed E-state index contributed by atoms with van der Waals surface area (Å²) < 4.78 is 7.36. The molecule has 4 nitrogen and oxygen atoms in total. The fourth-order valence-corrected chi connectivity index (χ4v) is 1.60. The van der Waals surface area contributed by atoms with Crippen molar-refractivity contribution in [2.45, 2.75) is 26.2 Å². The van der Waals surface area contributed by atoms with Crippen molar-refractivity contribution in [3.05, 3.63) is 48.5 Å². The average Bonchev–Trinajstić information content (AvgIpc) is 2.74. The second kappa shape index (κ2) is 5.50. The van der Waals surface area contributed by atoms with Crippen molar-refractivity contribution < 1.29 is 9.84 Å². The molecule has 17 heavy (non-hydrogen) atoms. The molecule has 0 aliphatic rings. The average molecular weight is 232 g/mol. The van der Waals surface area contributed by atoms with Gasteiger partial charge in [-0.15, -0.1) is 0 Å². The van der Waals surface area contributed by atoms with Crippen LogP contribution in [-0.4, -0.2) is 20.9 Å². The van der Waals surface area contributed by atoms with Gasteiger partial charge in [0.2, 0.25) is 0 Å². The van der Waals surface area contributed by atoms with E-state index in [0.717, 1.165) is 5.82 Å². The van der Waals surface area contributed by atoms with Crippen LogP contribution >= 0.6 is 0 Å². The second-order valence-electron chi connectivity index (χ2n) is 3.84. The van der Waals surface area contributed by atoms with Crippen molar-refractivity contribution in [2.75, 3.05) is 0 Å². The summed E-state index contributed by atoms with van der Waals surface area (Å²) in [5, 5.41) is 9.74. The molecule has 0 amide bonds. The van der Waals surface area contributed by atoms with Gasteiger partial charge < -0.3 is 14.4 Å². The highest BCUT2D eigenvalue weighted by atomic mass is 16.6. The molecule has 0 spiro atoms. The summed E-state index contributed by atoms with van der Waals surface area (Å²) in [4.78, 5) is 4.12. The van der Waals surface area contributed by atoms with Gasteiger partial charge in [-0.3, -0.25) is 0 Å². The highest BCUT2D eigenvalue weighted by molar-refractivity contribution is 5.20. The van der Waals surface area contributed by atoms with Crippen LogP contribution < -0.4 is 4.74 Å². The number of aryl methyl sites for hydroxylation is 2. The molecule has 1 unspecified atom stereocenters. The predicted octanol–water partition coefficient (Wildman–Crippen LogP) is 1.98. The molecule has 2 rings (SSSR count). The van der Waals surface area contributed by atoms with Crippen LogP contribution in [0.5, 0.6) is 5.75 Å². The number of aliphatic hydroxyl groups is 1. The zero-order valence-corrected chi connectivity index (χ0v) is 9.78. The van der Waals surface area contributed by atoms with Crippen LogP contribution in [0.2, 0.25) is 0 Å². The normalized spacial score (nSPS) is 12.4. The SMILES string of the molecule is Cc1nccn1CCC(O)Oc1ccccc1. The minimum Gasteiger partial charge on any atom is -0.465 e. The van der Waals surface area contributed by atoms with Crippen molar-refractivity contribution in [2.24, 2.45) is 0 Å². The topological polar surface area (TPSA) is 47.3 Å². The van der Waals surface area contributed by atoms with Gasteiger partial charge in [0, 0.05) is 25.4 Å². The Bertz CT molecular complexity index is 453. The zero-order chi connectivity index (χ0) is 12.1. The summed E-state index contributed by atoms with van der Waals surface area (Å²) in [5.41, 5.74) is 0. The summed E-state index contributed by atoms with van der Waals surface area (Å²) in [6, 6.07) is 9.32. The molecule has 90 valence electrons. The summed E-state index contributed by atoms with van der Waals surface area (Å²) >= 11 is 0. The smallest absolute Gasteiger partial charge is 0.199 e. The van der Waals surface area contributed by atoms with Gasteiger partial charge in [0.15, 0.2) is 6.29 Å². The Morgan fingerprint density at radius 2 is 2.12 bits per heavy atom. The first kappa shape index (κ1) is 11.7. The lowest BCUT2D eigenvalue weighted by Crippen LogP contribution is -2.18. The minimum absolute atomic E-state index is 0.534. The lowest BCUT2D eigenvalue weighted by molar-refractivity contribution is -0.0258. The van der Waals surface area contributed by atoms with Crippen LogP contribution in [-0.2, 0) is 6.54 Å². The Morgan fingerprint density at radius 1 is 1.35 bits per heavy atom. The fourth-order valence-electron chi connectivity index (χ4n) is 1.60. The molecule has 0 aliphatic heterocycles. The lowest BCUT2D eigenvalue weighted by Gasteiger charge is -2.14. The molecule has 2 aromatic rings. The number of benzene rings is 1. The summed E-state index contributed by atoms with van der Waals surface area (Å²) in [6.07, 6.45) is 3.38. The number of rotatable bonds is 5. The molecule has 0 aliphatic carbocycles. The molecule has 0 fully saturated rings.